The van der Waals surface area contributed by atoms with Crippen molar-refractivity contribution in [2.45, 2.75) is 26.2 Å². The quantitative estimate of drug-likeness (QED) is 0.573. The molecule has 1 aromatic rings. The van der Waals surface area contributed by atoms with Crippen LogP contribution in [0.1, 0.15) is 37.3 Å². The van der Waals surface area contributed by atoms with Crippen LogP contribution in [0.2, 0.25) is 0 Å². The Morgan fingerprint density at radius 2 is 1.81 bits per heavy atom. The minimum atomic E-state index is 0. The zero-order chi connectivity index (χ0) is 10.1. The molecule has 0 amide bonds. The van der Waals surface area contributed by atoms with Gasteiger partial charge in [-0.25, -0.2) is 0 Å². The zero-order valence-corrected chi connectivity index (χ0v) is 13.5. The van der Waals surface area contributed by atoms with E-state index in [1.165, 1.54) is 12.0 Å². The Kier molecular flexibility index (Phi) is 7.18. The van der Waals surface area contributed by atoms with Crippen molar-refractivity contribution in [3.8, 4) is 0 Å². The molecule has 0 aliphatic heterocycles. The van der Waals surface area contributed by atoms with Crippen molar-refractivity contribution in [2.24, 2.45) is 5.92 Å². The first-order chi connectivity index (χ1) is 6.68. The molecule has 16 heavy (non-hydrogen) atoms. The SMILES string of the molecule is CC(C)CC1[C]([Zr+2])=Cc2ccccc21.[Cl-].[Cl-]. The van der Waals surface area contributed by atoms with Gasteiger partial charge in [0.2, 0.25) is 0 Å². The zero-order valence-electron chi connectivity index (χ0n) is 9.50. The first kappa shape index (κ1) is 16.4. The summed E-state index contributed by atoms with van der Waals surface area (Å²) in [7, 11) is 0. The monoisotopic (exact) mass is 331 g/mol. The minimum absolute atomic E-state index is 0. The van der Waals surface area contributed by atoms with Crippen molar-refractivity contribution in [3.05, 3.63) is 38.7 Å². The van der Waals surface area contributed by atoms with Crippen LogP contribution < -0.4 is 24.8 Å². The van der Waals surface area contributed by atoms with E-state index >= 15 is 0 Å². The summed E-state index contributed by atoms with van der Waals surface area (Å²) in [5.74, 6) is 1.50. The smallest absolute Gasteiger partial charge is 1.00 e. The predicted octanol–water partition coefficient (Wildman–Crippen LogP) is -2.27. The van der Waals surface area contributed by atoms with Crippen molar-refractivity contribution in [2.75, 3.05) is 0 Å². The molecule has 0 nitrogen and oxygen atoms in total. The number of allylic oxidation sites excluding steroid dienone is 1. The third-order valence-electron chi connectivity index (χ3n) is 2.76. The van der Waals surface area contributed by atoms with Gasteiger partial charge in [0.05, 0.1) is 0 Å². The van der Waals surface area contributed by atoms with Crippen LogP contribution in [-0.2, 0) is 24.7 Å². The third kappa shape index (κ3) is 3.46. The maximum atomic E-state index is 2.38. The molecule has 0 saturated carbocycles. The average Bonchev–Trinajstić information content (AvgIpc) is 2.43. The van der Waals surface area contributed by atoms with Gasteiger partial charge in [-0.05, 0) is 0 Å². The summed E-state index contributed by atoms with van der Waals surface area (Å²) in [5, 5.41) is 0. The number of halogens is 2. The van der Waals surface area contributed by atoms with Gasteiger partial charge in [-0.1, -0.05) is 0 Å². The van der Waals surface area contributed by atoms with Crippen molar-refractivity contribution in [3.63, 3.8) is 0 Å². The first-order valence-corrected chi connectivity index (χ1v) is 6.43. The second-order valence-electron chi connectivity index (χ2n) is 4.41. The second-order valence-corrected chi connectivity index (χ2v) is 5.83. The van der Waals surface area contributed by atoms with Crippen molar-refractivity contribution in [1.29, 1.82) is 0 Å². The Morgan fingerprint density at radius 3 is 2.44 bits per heavy atom. The summed E-state index contributed by atoms with van der Waals surface area (Å²) in [6.45, 7) is 4.62. The molecule has 2 rings (SSSR count). The summed E-state index contributed by atoms with van der Waals surface area (Å²) >= 11 is 1.58. The molecule has 1 unspecified atom stereocenters. The van der Waals surface area contributed by atoms with Crippen molar-refractivity contribution in [1.82, 2.24) is 0 Å². The van der Waals surface area contributed by atoms with Gasteiger partial charge in [-0.2, -0.15) is 0 Å². The molecule has 1 atom stereocenters. The first-order valence-electron chi connectivity index (χ1n) is 5.20. The van der Waals surface area contributed by atoms with Gasteiger partial charge < -0.3 is 24.8 Å². The maximum Gasteiger partial charge on any atom is -1.00 e. The fraction of sp³-hybridized carbons (Fsp3) is 0.385. The summed E-state index contributed by atoms with van der Waals surface area (Å²) in [6, 6.07) is 8.82. The number of benzene rings is 1. The van der Waals surface area contributed by atoms with Crippen LogP contribution >= 0.6 is 0 Å². The maximum absolute atomic E-state index is 2.38. The van der Waals surface area contributed by atoms with E-state index < -0.39 is 0 Å². The Hall–Kier alpha value is 0.423. The summed E-state index contributed by atoms with van der Waals surface area (Å²) in [6.07, 6.45) is 3.68. The van der Waals surface area contributed by atoms with Crippen LogP contribution in [0.3, 0.4) is 0 Å². The molecule has 0 heterocycles. The van der Waals surface area contributed by atoms with E-state index in [0.29, 0.717) is 5.92 Å². The molecule has 0 saturated heterocycles. The van der Waals surface area contributed by atoms with Crippen LogP contribution in [0.5, 0.6) is 0 Å². The normalized spacial score (nSPS) is 17.3. The van der Waals surface area contributed by atoms with E-state index in [-0.39, 0.29) is 24.8 Å². The Bertz CT molecular complexity index is 372. The van der Waals surface area contributed by atoms with Crippen molar-refractivity contribution >= 4 is 6.08 Å². The van der Waals surface area contributed by atoms with Crippen LogP contribution in [0, 0.1) is 5.92 Å². The van der Waals surface area contributed by atoms with Crippen molar-refractivity contribution < 1.29 is 49.5 Å². The van der Waals surface area contributed by atoms with Crippen LogP contribution in [-0.4, -0.2) is 0 Å². The molecule has 1 aromatic carbocycles. The molecule has 0 bridgehead atoms. The van der Waals surface area contributed by atoms with Gasteiger partial charge in [0.1, 0.15) is 0 Å². The second kappa shape index (κ2) is 6.99. The van der Waals surface area contributed by atoms with E-state index in [1.807, 2.05) is 0 Å². The van der Waals surface area contributed by atoms with Crippen LogP contribution in [0.25, 0.3) is 6.08 Å². The molecular formula is C13H15Cl2Zr. The fourth-order valence-electron chi connectivity index (χ4n) is 2.12. The largest absolute Gasteiger partial charge is 1.00 e. The molecule has 1 aliphatic carbocycles. The average molecular weight is 333 g/mol. The molecule has 1 aliphatic rings. The predicted molar refractivity (Wildman–Crippen MR) is 56.6 cm³/mol. The molecule has 0 aromatic heterocycles. The van der Waals surface area contributed by atoms with E-state index in [0.717, 1.165) is 5.92 Å². The fourth-order valence-corrected chi connectivity index (χ4v) is 3.17. The third-order valence-corrected chi connectivity index (χ3v) is 3.98. The molecule has 0 fully saturated rings. The van der Waals surface area contributed by atoms with E-state index in [2.05, 4.69) is 44.2 Å². The van der Waals surface area contributed by atoms with Gasteiger partial charge in [-0.3, -0.25) is 0 Å². The Labute approximate surface area is 126 Å². The van der Waals surface area contributed by atoms with Gasteiger partial charge in [0.25, 0.3) is 0 Å². The minimum Gasteiger partial charge on any atom is -1.00 e. The Balaban J connectivity index is 0.00000112. The molecule has 85 valence electrons. The Morgan fingerprint density at radius 1 is 1.19 bits per heavy atom. The topological polar surface area (TPSA) is 0 Å². The molecule has 3 heteroatoms. The summed E-state index contributed by atoms with van der Waals surface area (Å²) in [5.41, 5.74) is 3.00. The van der Waals surface area contributed by atoms with Gasteiger partial charge >= 0.3 is 102 Å². The van der Waals surface area contributed by atoms with E-state index in [1.54, 1.807) is 33.6 Å². The summed E-state index contributed by atoms with van der Waals surface area (Å²) in [4.78, 5) is 0. The van der Waals surface area contributed by atoms with Gasteiger partial charge in [0.15, 0.2) is 0 Å². The standard InChI is InChI=1S/C13H15.2ClH.Zr/c1-10(2)9-12-8-7-11-5-3-4-6-13(11)12;;;/h3-7,10,12H,9H2,1-2H3;2*1H;/q;;;+2/p-2. The number of rotatable bonds is 2. The van der Waals surface area contributed by atoms with Gasteiger partial charge in [-0.15, -0.1) is 0 Å². The van der Waals surface area contributed by atoms with Crippen LogP contribution in [0.15, 0.2) is 27.5 Å². The summed E-state index contributed by atoms with van der Waals surface area (Å²) < 4.78 is 1.62. The van der Waals surface area contributed by atoms with Gasteiger partial charge in [0, 0.05) is 0 Å². The number of hydrogen-bond donors (Lipinski definition) is 0. The molecule has 0 radical (unpaired) electrons. The van der Waals surface area contributed by atoms with E-state index in [9.17, 15) is 0 Å². The molecular weight excluding hydrogens is 318 g/mol. The molecule has 0 N–H and O–H groups in total. The number of fused-ring (bicyclic) bond motifs is 1. The van der Waals surface area contributed by atoms with E-state index in [4.69, 9.17) is 0 Å². The number of hydrogen-bond acceptors (Lipinski definition) is 0. The van der Waals surface area contributed by atoms with Crippen LogP contribution in [0.4, 0.5) is 0 Å². The molecule has 0 spiro atoms.